The molecule has 7 heteroatoms. The minimum Gasteiger partial charge on any atom is -0.465 e. The van der Waals surface area contributed by atoms with Gasteiger partial charge in [-0.25, -0.2) is 4.79 Å². The van der Waals surface area contributed by atoms with Crippen LogP contribution in [0.4, 0.5) is 0 Å². The van der Waals surface area contributed by atoms with Crippen molar-refractivity contribution in [3.8, 4) is 22.3 Å². The highest BCUT2D eigenvalue weighted by molar-refractivity contribution is 5.98. The molecule has 1 atom stereocenters. The summed E-state index contributed by atoms with van der Waals surface area (Å²) in [4.78, 5) is 25.2. The molecular formula is C32H26N4O3. The molecule has 0 aliphatic heterocycles. The fraction of sp³-hybridized carbons (Fsp3) is 0.125. The van der Waals surface area contributed by atoms with E-state index in [9.17, 15) is 4.79 Å². The number of H-pyrrole nitrogens is 1. The topological polar surface area (TPSA) is 93.9 Å². The number of nitrogens with zero attached hydrogens (tertiary/aromatic N) is 3. The number of ether oxygens (including phenoxy) is 1. The number of carbonyl (C=O) groups is 1. The van der Waals surface area contributed by atoms with Crippen molar-refractivity contribution in [1.82, 2.24) is 20.1 Å². The maximum absolute atomic E-state index is 12.0. The molecule has 4 heterocycles. The van der Waals surface area contributed by atoms with Gasteiger partial charge in [-0.3, -0.25) is 9.97 Å². The van der Waals surface area contributed by atoms with Gasteiger partial charge in [0, 0.05) is 40.8 Å². The number of aromatic amines is 1. The fourth-order valence-electron chi connectivity index (χ4n) is 5.26. The van der Waals surface area contributed by atoms with Crippen molar-refractivity contribution in [1.29, 1.82) is 0 Å². The summed E-state index contributed by atoms with van der Waals surface area (Å²) in [6, 6.07) is 23.7. The Bertz CT molecular complexity index is 1710. The largest absolute Gasteiger partial charge is 0.465 e. The van der Waals surface area contributed by atoms with E-state index < -0.39 is 0 Å². The summed E-state index contributed by atoms with van der Waals surface area (Å²) >= 11 is 0. The first-order chi connectivity index (χ1) is 19.1. The third kappa shape index (κ3) is 4.28. The van der Waals surface area contributed by atoms with Gasteiger partial charge in [-0.1, -0.05) is 53.7 Å². The van der Waals surface area contributed by atoms with Crippen LogP contribution in [0.3, 0.4) is 0 Å². The lowest BCUT2D eigenvalue weighted by Gasteiger charge is -2.22. The number of fused-ring (bicyclic) bond motifs is 1. The van der Waals surface area contributed by atoms with E-state index in [1.54, 1.807) is 12.1 Å². The Kier molecular flexibility index (Phi) is 6.25. The predicted molar refractivity (Wildman–Crippen MR) is 149 cm³/mol. The number of carbonyl (C=O) groups excluding carboxylic acids is 1. The SMILES string of the molecule is COC(=O)c1ccc(-c2c[nH]c3c(C(c4ccccc4)c4ccccn4)c(-c4c(C)noc4C)cnc23)cc1. The van der Waals surface area contributed by atoms with Crippen molar-refractivity contribution in [3.05, 3.63) is 125 Å². The van der Waals surface area contributed by atoms with Crippen LogP contribution in [0.15, 0.2) is 95.9 Å². The van der Waals surface area contributed by atoms with Crippen molar-refractivity contribution >= 4 is 17.0 Å². The molecule has 4 aromatic heterocycles. The molecule has 7 nitrogen and oxygen atoms in total. The average Bonchev–Trinajstić information content (AvgIpc) is 3.57. The standard InChI is InChI=1S/C32H26N4O3/c1-19-27(20(2)39-36-19)25-18-34-30-24(21-12-14-23(15-13-21)32(37)38-3)17-35-31(30)29(25)28(22-9-5-4-6-10-22)26-11-7-8-16-33-26/h4-18,28,35H,1-3H3. The molecule has 0 bridgehead atoms. The summed E-state index contributed by atoms with van der Waals surface area (Å²) < 4.78 is 10.4. The molecule has 39 heavy (non-hydrogen) atoms. The van der Waals surface area contributed by atoms with Gasteiger partial charge in [-0.05, 0) is 49.2 Å². The van der Waals surface area contributed by atoms with Crippen LogP contribution in [-0.2, 0) is 4.74 Å². The lowest BCUT2D eigenvalue weighted by molar-refractivity contribution is 0.0600. The van der Waals surface area contributed by atoms with Crippen LogP contribution in [-0.4, -0.2) is 33.2 Å². The monoisotopic (exact) mass is 514 g/mol. The van der Waals surface area contributed by atoms with Gasteiger partial charge in [0.25, 0.3) is 0 Å². The smallest absolute Gasteiger partial charge is 0.337 e. The number of pyridine rings is 2. The molecular weight excluding hydrogens is 488 g/mol. The molecule has 0 saturated heterocycles. The predicted octanol–water partition coefficient (Wildman–Crippen LogP) is 6.86. The number of benzene rings is 2. The van der Waals surface area contributed by atoms with Gasteiger partial charge in [0.2, 0.25) is 0 Å². The Hall–Kier alpha value is -5.04. The quantitative estimate of drug-likeness (QED) is 0.244. The van der Waals surface area contributed by atoms with Crippen molar-refractivity contribution in [2.75, 3.05) is 7.11 Å². The minimum absolute atomic E-state index is 0.185. The van der Waals surface area contributed by atoms with Gasteiger partial charge in [0.1, 0.15) is 5.76 Å². The van der Waals surface area contributed by atoms with Gasteiger partial charge in [-0.2, -0.15) is 0 Å². The molecule has 6 rings (SSSR count). The molecule has 1 N–H and O–H groups in total. The summed E-state index contributed by atoms with van der Waals surface area (Å²) in [7, 11) is 1.38. The molecule has 2 aromatic carbocycles. The molecule has 0 aliphatic carbocycles. The van der Waals surface area contributed by atoms with Crippen LogP contribution in [0.5, 0.6) is 0 Å². The molecule has 0 amide bonds. The summed E-state index contributed by atoms with van der Waals surface area (Å²) in [5.41, 5.74) is 9.81. The zero-order valence-corrected chi connectivity index (χ0v) is 21.8. The number of esters is 1. The second kappa shape index (κ2) is 10.0. The molecule has 0 radical (unpaired) electrons. The second-order valence-electron chi connectivity index (χ2n) is 9.38. The highest BCUT2D eigenvalue weighted by Crippen LogP contribution is 2.43. The first-order valence-corrected chi connectivity index (χ1v) is 12.6. The summed E-state index contributed by atoms with van der Waals surface area (Å²) in [5, 5.41) is 4.23. The van der Waals surface area contributed by atoms with Crippen molar-refractivity contribution in [3.63, 3.8) is 0 Å². The third-order valence-electron chi connectivity index (χ3n) is 7.06. The van der Waals surface area contributed by atoms with Gasteiger partial charge in [0.15, 0.2) is 0 Å². The number of methoxy groups -OCH3 is 1. The van der Waals surface area contributed by atoms with E-state index in [1.807, 2.05) is 74.9 Å². The first kappa shape index (κ1) is 24.3. The van der Waals surface area contributed by atoms with Crippen molar-refractivity contribution in [2.45, 2.75) is 19.8 Å². The van der Waals surface area contributed by atoms with E-state index in [4.69, 9.17) is 19.2 Å². The number of hydrogen-bond donors (Lipinski definition) is 1. The Morgan fingerprint density at radius 1 is 0.923 bits per heavy atom. The molecule has 192 valence electrons. The van der Waals surface area contributed by atoms with Crippen LogP contribution in [0.25, 0.3) is 33.3 Å². The number of nitrogens with one attached hydrogen (secondary N) is 1. The minimum atomic E-state index is -0.369. The lowest BCUT2D eigenvalue weighted by atomic mass is 9.83. The normalized spacial score (nSPS) is 12.0. The van der Waals surface area contributed by atoms with E-state index >= 15 is 0 Å². The molecule has 0 fully saturated rings. The fourth-order valence-corrected chi connectivity index (χ4v) is 5.26. The molecule has 0 aliphatic rings. The van der Waals surface area contributed by atoms with Gasteiger partial charge < -0.3 is 14.2 Å². The average molecular weight is 515 g/mol. The molecule has 1 unspecified atom stereocenters. The van der Waals surface area contributed by atoms with E-state index in [0.29, 0.717) is 5.56 Å². The summed E-state index contributed by atoms with van der Waals surface area (Å²) in [5.74, 6) is 0.175. The van der Waals surface area contributed by atoms with Crippen LogP contribution < -0.4 is 0 Å². The number of aromatic nitrogens is 4. The highest BCUT2D eigenvalue weighted by Gasteiger charge is 2.28. The molecule has 0 saturated carbocycles. The van der Waals surface area contributed by atoms with Gasteiger partial charge in [0.05, 0.1) is 41.0 Å². The summed E-state index contributed by atoms with van der Waals surface area (Å²) in [6.07, 6.45) is 5.69. The Labute approximate surface area is 225 Å². The molecule has 6 aromatic rings. The Morgan fingerprint density at radius 2 is 1.69 bits per heavy atom. The van der Waals surface area contributed by atoms with E-state index in [1.165, 1.54) is 7.11 Å². The number of aryl methyl sites for hydroxylation is 2. The summed E-state index contributed by atoms with van der Waals surface area (Å²) in [6.45, 7) is 3.87. The highest BCUT2D eigenvalue weighted by atomic mass is 16.5. The van der Waals surface area contributed by atoms with Crippen LogP contribution in [0.1, 0.15) is 44.6 Å². The lowest BCUT2D eigenvalue weighted by Crippen LogP contribution is -2.09. The number of hydrogen-bond acceptors (Lipinski definition) is 6. The maximum atomic E-state index is 12.0. The van der Waals surface area contributed by atoms with Crippen LogP contribution in [0.2, 0.25) is 0 Å². The van der Waals surface area contributed by atoms with Gasteiger partial charge >= 0.3 is 5.97 Å². The van der Waals surface area contributed by atoms with Crippen LogP contribution >= 0.6 is 0 Å². The van der Waals surface area contributed by atoms with Gasteiger partial charge in [-0.15, -0.1) is 0 Å². The molecule has 0 spiro atoms. The van der Waals surface area contributed by atoms with E-state index in [2.05, 4.69) is 28.3 Å². The van der Waals surface area contributed by atoms with Crippen molar-refractivity contribution in [2.24, 2.45) is 0 Å². The van der Waals surface area contributed by atoms with E-state index in [-0.39, 0.29) is 11.9 Å². The zero-order valence-electron chi connectivity index (χ0n) is 21.8. The van der Waals surface area contributed by atoms with Crippen molar-refractivity contribution < 1.29 is 14.1 Å². The number of rotatable bonds is 6. The second-order valence-corrected chi connectivity index (χ2v) is 9.38. The Balaban J connectivity index is 1.64. The van der Waals surface area contributed by atoms with Crippen LogP contribution in [0, 0.1) is 13.8 Å². The first-order valence-electron chi connectivity index (χ1n) is 12.6. The zero-order chi connectivity index (χ0) is 26.9. The Morgan fingerprint density at radius 3 is 2.36 bits per heavy atom. The third-order valence-corrected chi connectivity index (χ3v) is 7.06. The van der Waals surface area contributed by atoms with E-state index in [0.717, 1.165) is 61.6 Å². The maximum Gasteiger partial charge on any atom is 0.337 e.